The second kappa shape index (κ2) is 7.63. The first-order valence-corrected chi connectivity index (χ1v) is 11.6. The Balaban J connectivity index is 1.43. The topological polar surface area (TPSA) is 82.1 Å². The Morgan fingerprint density at radius 3 is 2.86 bits per heavy atom. The molecule has 2 atom stereocenters. The van der Waals surface area contributed by atoms with E-state index in [0.29, 0.717) is 30.2 Å². The highest BCUT2D eigenvalue weighted by Gasteiger charge is 2.34. The number of ether oxygens (including phenoxy) is 3. The fourth-order valence-electron chi connectivity index (χ4n) is 3.42. The molecule has 0 radical (unpaired) electrons. The molecule has 0 saturated carbocycles. The van der Waals surface area contributed by atoms with E-state index in [9.17, 15) is 13.2 Å². The molecule has 0 N–H and O–H groups in total. The quantitative estimate of drug-likeness (QED) is 0.752. The third-order valence-electron chi connectivity index (χ3n) is 4.92. The Bertz CT molecular complexity index is 957. The fourth-order valence-corrected chi connectivity index (χ4v) is 6.42. The largest absolute Gasteiger partial charge is 0.481 e. The van der Waals surface area contributed by atoms with Crippen molar-refractivity contribution in [1.82, 2.24) is 4.90 Å². The average Bonchev–Trinajstić information content (AvgIpc) is 3.32. The first kappa shape index (κ1) is 19.1. The predicted molar refractivity (Wildman–Crippen MR) is 105 cm³/mol. The average molecular weight is 424 g/mol. The molecule has 2 aromatic rings. The van der Waals surface area contributed by atoms with Gasteiger partial charge in [-0.05, 0) is 36.9 Å². The number of thiophene rings is 1. The van der Waals surface area contributed by atoms with Crippen molar-refractivity contribution in [3.63, 3.8) is 0 Å². The Kier molecular flexibility index (Phi) is 5.20. The summed E-state index contributed by atoms with van der Waals surface area (Å²) >= 11 is 1.44. The lowest BCUT2D eigenvalue weighted by Crippen LogP contribution is -2.42. The first-order valence-electron chi connectivity index (χ1n) is 9.04. The van der Waals surface area contributed by atoms with Gasteiger partial charge in [0.2, 0.25) is 6.79 Å². The lowest BCUT2D eigenvalue weighted by atomic mass is 10.2. The summed E-state index contributed by atoms with van der Waals surface area (Å²) in [5.74, 6) is 1.46. The molecule has 1 amide bonds. The standard InChI is InChI=1S/C19H21NO6S2/c1-13(26-14-4-5-15-16(11-14)25-12-24-15)19(21)20-7-6-18(17-3-2-9-27-17)28(22,23)10-8-20/h2-5,9,11,13,18H,6-8,10,12H2,1H3. The molecule has 3 heterocycles. The van der Waals surface area contributed by atoms with Crippen LogP contribution in [-0.4, -0.2) is 51.0 Å². The number of hydrogen-bond donors (Lipinski definition) is 0. The zero-order valence-corrected chi connectivity index (χ0v) is 17.0. The van der Waals surface area contributed by atoms with Crippen LogP contribution in [0.2, 0.25) is 0 Å². The number of amides is 1. The summed E-state index contributed by atoms with van der Waals surface area (Å²) in [6.07, 6.45) is -0.341. The maximum absolute atomic E-state index is 12.8. The third kappa shape index (κ3) is 3.81. The summed E-state index contributed by atoms with van der Waals surface area (Å²) in [6, 6.07) is 8.84. The van der Waals surface area contributed by atoms with E-state index in [1.54, 1.807) is 30.0 Å². The predicted octanol–water partition coefficient (Wildman–Crippen LogP) is 2.63. The van der Waals surface area contributed by atoms with Crippen molar-refractivity contribution in [2.24, 2.45) is 0 Å². The van der Waals surface area contributed by atoms with Gasteiger partial charge >= 0.3 is 0 Å². The molecule has 1 saturated heterocycles. The van der Waals surface area contributed by atoms with E-state index >= 15 is 0 Å². The van der Waals surface area contributed by atoms with Crippen molar-refractivity contribution in [3.05, 3.63) is 40.6 Å². The first-order chi connectivity index (χ1) is 13.4. The van der Waals surface area contributed by atoms with E-state index in [2.05, 4.69) is 0 Å². The fraction of sp³-hybridized carbons (Fsp3) is 0.421. The summed E-state index contributed by atoms with van der Waals surface area (Å²) in [5, 5.41) is 1.33. The molecule has 150 valence electrons. The van der Waals surface area contributed by atoms with Gasteiger partial charge in [0.05, 0.1) is 11.0 Å². The zero-order valence-electron chi connectivity index (χ0n) is 15.4. The number of carbonyl (C=O) groups excluding carboxylic acids is 1. The third-order valence-corrected chi connectivity index (χ3v) is 8.16. The van der Waals surface area contributed by atoms with E-state index in [0.717, 1.165) is 4.88 Å². The van der Waals surface area contributed by atoms with Crippen LogP contribution in [0.3, 0.4) is 0 Å². The van der Waals surface area contributed by atoms with Gasteiger partial charge in [-0.1, -0.05) is 6.07 Å². The van der Waals surface area contributed by atoms with Crippen molar-refractivity contribution >= 4 is 27.1 Å². The van der Waals surface area contributed by atoms with Crippen LogP contribution in [0.15, 0.2) is 35.7 Å². The zero-order chi connectivity index (χ0) is 19.7. The van der Waals surface area contributed by atoms with E-state index in [1.165, 1.54) is 11.3 Å². The summed E-state index contributed by atoms with van der Waals surface area (Å²) in [6.45, 7) is 2.40. The molecule has 7 nitrogen and oxygen atoms in total. The van der Waals surface area contributed by atoms with Gasteiger partial charge in [0.15, 0.2) is 27.4 Å². The van der Waals surface area contributed by atoms with Gasteiger partial charge in [-0.25, -0.2) is 8.42 Å². The summed E-state index contributed by atoms with van der Waals surface area (Å²) in [5.41, 5.74) is 0. The molecule has 2 aliphatic heterocycles. The van der Waals surface area contributed by atoms with Crippen LogP contribution < -0.4 is 14.2 Å². The van der Waals surface area contributed by atoms with Crippen molar-refractivity contribution in [2.75, 3.05) is 25.6 Å². The number of hydrogen-bond acceptors (Lipinski definition) is 7. The van der Waals surface area contributed by atoms with Gasteiger partial charge in [-0.15, -0.1) is 11.3 Å². The number of carbonyl (C=O) groups is 1. The Morgan fingerprint density at radius 2 is 2.07 bits per heavy atom. The number of nitrogens with zero attached hydrogens (tertiary/aromatic N) is 1. The highest BCUT2D eigenvalue weighted by Crippen LogP contribution is 2.36. The van der Waals surface area contributed by atoms with Crippen LogP contribution in [0.4, 0.5) is 0 Å². The van der Waals surface area contributed by atoms with Gasteiger partial charge in [0.25, 0.3) is 5.91 Å². The van der Waals surface area contributed by atoms with Crippen molar-refractivity contribution in [3.8, 4) is 17.2 Å². The molecular weight excluding hydrogens is 402 g/mol. The number of benzene rings is 1. The molecule has 2 aliphatic rings. The second-order valence-corrected chi connectivity index (χ2v) is 10.0. The van der Waals surface area contributed by atoms with Crippen molar-refractivity contribution in [2.45, 2.75) is 24.7 Å². The molecular formula is C19H21NO6S2. The molecule has 1 aromatic carbocycles. The minimum Gasteiger partial charge on any atom is -0.481 e. The van der Waals surface area contributed by atoms with Gasteiger partial charge in [-0.2, -0.15) is 0 Å². The van der Waals surface area contributed by atoms with Crippen molar-refractivity contribution in [1.29, 1.82) is 0 Å². The van der Waals surface area contributed by atoms with Gasteiger partial charge in [0, 0.05) is 24.0 Å². The minimum atomic E-state index is -3.30. The highest BCUT2D eigenvalue weighted by molar-refractivity contribution is 7.91. The molecule has 0 bridgehead atoms. The van der Waals surface area contributed by atoms with E-state index in [4.69, 9.17) is 14.2 Å². The van der Waals surface area contributed by atoms with Gasteiger partial charge < -0.3 is 19.1 Å². The van der Waals surface area contributed by atoms with Crippen molar-refractivity contribution < 1.29 is 27.4 Å². The van der Waals surface area contributed by atoms with Crippen LogP contribution in [0.5, 0.6) is 17.2 Å². The van der Waals surface area contributed by atoms with Gasteiger partial charge in [-0.3, -0.25) is 4.79 Å². The van der Waals surface area contributed by atoms with E-state index in [1.807, 2.05) is 17.5 Å². The van der Waals surface area contributed by atoms with Crippen LogP contribution in [0, 0.1) is 0 Å². The molecule has 9 heteroatoms. The molecule has 4 rings (SSSR count). The van der Waals surface area contributed by atoms with Gasteiger partial charge in [0.1, 0.15) is 5.75 Å². The lowest BCUT2D eigenvalue weighted by molar-refractivity contribution is -0.137. The van der Waals surface area contributed by atoms with Crippen LogP contribution in [0.25, 0.3) is 0 Å². The molecule has 0 spiro atoms. The summed E-state index contributed by atoms with van der Waals surface area (Å²) in [4.78, 5) is 15.3. The van der Waals surface area contributed by atoms with Crippen LogP contribution in [-0.2, 0) is 14.6 Å². The number of rotatable bonds is 4. The minimum absolute atomic E-state index is 0.0436. The second-order valence-electron chi connectivity index (χ2n) is 6.76. The van der Waals surface area contributed by atoms with E-state index < -0.39 is 21.2 Å². The summed E-state index contributed by atoms with van der Waals surface area (Å²) in [7, 11) is -3.30. The Hall–Kier alpha value is -2.26. The molecule has 2 unspecified atom stereocenters. The molecule has 0 aliphatic carbocycles. The van der Waals surface area contributed by atoms with Crippen LogP contribution in [0.1, 0.15) is 23.5 Å². The van der Waals surface area contributed by atoms with Crippen LogP contribution >= 0.6 is 11.3 Å². The number of fused-ring (bicyclic) bond motifs is 1. The Morgan fingerprint density at radius 1 is 1.25 bits per heavy atom. The normalized spacial score (nSPS) is 21.8. The molecule has 1 fully saturated rings. The van der Waals surface area contributed by atoms with E-state index in [-0.39, 0.29) is 25.0 Å². The Labute approximate surface area is 167 Å². The number of sulfone groups is 1. The molecule has 1 aromatic heterocycles. The molecule has 28 heavy (non-hydrogen) atoms. The monoisotopic (exact) mass is 423 g/mol. The SMILES string of the molecule is CC(Oc1ccc2c(c1)OCO2)C(=O)N1CCC(c2cccs2)S(=O)(=O)CC1. The summed E-state index contributed by atoms with van der Waals surface area (Å²) < 4.78 is 41.7. The lowest BCUT2D eigenvalue weighted by Gasteiger charge is -2.24. The smallest absolute Gasteiger partial charge is 0.263 e. The maximum Gasteiger partial charge on any atom is 0.263 e. The highest BCUT2D eigenvalue weighted by atomic mass is 32.2. The maximum atomic E-state index is 12.8.